The van der Waals surface area contributed by atoms with Crippen LogP contribution in [-0.2, 0) is 9.47 Å². The molecule has 0 saturated carbocycles. The van der Waals surface area contributed by atoms with Gasteiger partial charge in [-0.3, -0.25) is 0 Å². The number of hydrogen-bond acceptors (Lipinski definition) is 6. The lowest BCUT2D eigenvalue weighted by Crippen LogP contribution is -2.21. The van der Waals surface area contributed by atoms with E-state index in [-0.39, 0.29) is 11.9 Å². The van der Waals surface area contributed by atoms with Crippen molar-refractivity contribution in [2.45, 2.75) is 18.9 Å². The molecule has 0 aromatic carbocycles. The summed E-state index contributed by atoms with van der Waals surface area (Å²) in [5.41, 5.74) is 0.669. The van der Waals surface area contributed by atoms with Crippen molar-refractivity contribution < 1.29 is 14.3 Å². The van der Waals surface area contributed by atoms with Crippen molar-refractivity contribution in [1.29, 1.82) is 0 Å². The molecule has 1 aliphatic heterocycles. The summed E-state index contributed by atoms with van der Waals surface area (Å²) in [6, 6.07) is 0.256. The van der Waals surface area contributed by atoms with E-state index in [1.54, 1.807) is 12.4 Å². The molecule has 19 heavy (non-hydrogen) atoms. The van der Waals surface area contributed by atoms with Gasteiger partial charge >= 0.3 is 5.97 Å². The van der Waals surface area contributed by atoms with E-state index in [0.717, 1.165) is 31.4 Å². The number of rotatable bonds is 2. The Labute approximate surface area is 109 Å². The molecule has 0 aliphatic carbocycles. The summed E-state index contributed by atoms with van der Waals surface area (Å²) < 4.78 is 11.8. The molecule has 2 aromatic heterocycles. The summed E-state index contributed by atoms with van der Waals surface area (Å²) in [5, 5.41) is 5.17. The van der Waals surface area contributed by atoms with E-state index >= 15 is 0 Å². The zero-order chi connectivity index (χ0) is 13.2. The summed E-state index contributed by atoms with van der Waals surface area (Å²) in [6.45, 7) is 1.45. The van der Waals surface area contributed by atoms with Gasteiger partial charge in [-0.2, -0.15) is 5.10 Å². The minimum Gasteiger partial charge on any atom is -0.463 e. The predicted octanol–water partition coefficient (Wildman–Crippen LogP) is 0.964. The van der Waals surface area contributed by atoms with Gasteiger partial charge < -0.3 is 9.47 Å². The fourth-order valence-electron chi connectivity index (χ4n) is 2.22. The standard InChI is InChI=1S/C12H14N4O3/c1-18-12(17)10-13-6-8-7-14-16(11(8)15-10)9-2-4-19-5-3-9/h6-7,9H,2-5H2,1H3. The largest absolute Gasteiger partial charge is 0.463 e. The lowest BCUT2D eigenvalue weighted by molar-refractivity contribution is 0.0585. The van der Waals surface area contributed by atoms with Crippen LogP contribution in [0.4, 0.5) is 0 Å². The highest BCUT2D eigenvalue weighted by Gasteiger charge is 2.20. The van der Waals surface area contributed by atoms with Gasteiger partial charge in [-0.1, -0.05) is 0 Å². The summed E-state index contributed by atoms with van der Waals surface area (Å²) >= 11 is 0. The molecule has 0 radical (unpaired) electrons. The number of ether oxygens (including phenoxy) is 2. The Kier molecular flexibility index (Phi) is 3.12. The topological polar surface area (TPSA) is 79.1 Å². The van der Waals surface area contributed by atoms with Crippen molar-refractivity contribution >= 4 is 17.0 Å². The second kappa shape index (κ2) is 4.93. The van der Waals surface area contributed by atoms with Crippen molar-refractivity contribution in [3.8, 4) is 0 Å². The minimum absolute atomic E-state index is 0.0591. The molecule has 100 valence electrons. The molecule has 7 heteroatoms. The Morgan fingerprint density at radius 2 is 2.21 bits per heavy atom. The van der Waals surface area contributed by atoms with Crippen molar-refractivity contribution in [1.82, 2.24) is 19.7 Å². The SMILES string of the molecule is COC(=O)c1ncc2cnn(C3CCOCC3)c2n1. The van der Waals surface area contributed by atoms with Gasteiger partial charge in [0.15, 0.2) is 5.65 Å². The van der Waals surface area contributed by atoms with Gasteiger partial charge in [-0.15, -0.1) is 0 Å². The van der Waals surface area contributed by atoms with Gasteiger partial charge in [0.05, 0.1) is 24.7 Å². The molecule has 3 rings (SSSR count). The summed E-state index contributed by atoms with van der Waals surface area (Å²) in [5.74, 6) is -0.481. The van der Waals surface area contributed by atoms with Crippen molar-refractivity contribution in [3.63, 3.8) is 0 Å². The minimum atomic E-state index is -0.540. The van der Waals surface area contributed by atoms with E-state index in [0.29, 0.717) is 5.65 Å². The normalized spacial score (nSPS) is 16.7. The van der Waals surface area contributed by atoms with E-state index in [2.05, 4.69) is 19.8 Å². The Morgan fingerprint density at radius 1 is 1.42 bits per heavy atom. The van der Waals surface area contributed by atoms with Crippen LogP contribution in [0.1, 0.15) is 29.5 Å². The highest BCUT2D eigenvalue weighted by molar-refractivity contribution is 5.87. The summed E-state index contributed by atoms with van der Waals surface area (Å²) in [6.07, 6.45) is 5.10. The Hall–Kier alpha value is -2.02. The van der Waals surface area contributed by atoms with Crippen molar-refractivity contribution in [3.05, 3.63) is 18.2 Å². The summed E-state index contributed by atoms with van der Waals surface area (Å²) in [4.78, 5) is 19.7. The molecule has 0 bridgehead atoms. The third-order valence-electron chi connectivity index (χ3n) is 3.24. The highest BCUT2D eigenvalue weighted by Crippen LogP contribution is 2.23. The molecule has 3 heterocycles. The fourth-order valence-corrected chi connectivity index (χ4v) is 2.22. The number of esters is 1. The number of fused-ring (bicyclic) bond motifs is 1. The van der Waals surface area contributed by atoms with Gasteiger partial charge in [-0.25, -0.2) is 19.4 Å². The Bertz CT molecular complexity index is 604. The van der Waals surface area contributed by atoms with Crippen LogP contribution >= 0.6 is 0 Å². The Balaban J connectivity index is 2.02. The van der Waals surface area contributed by atoms with Gasteiger partial charge in [0, 0.05) is 19.4 Å². The molecule has 2 aromatic rings. The maximum Gasteiger partial charge on any atom is 0.376 e. The molecule has 0 spiro atoms. The number of aromatic nitrogens is 4. The van der Waals surface area contributed by atoms with Crippen LogP contribution in [0, 0.1) is 0 Å². The maximum absolute atomic E-state index is 11.5. The zero-order valence-corrected chi connectivity index (χ0v) is 10.6. The second-order valence-corrected chi connectivity index (χ2v) is 4.40. The van der Waals surface area contributed by atoms with Crippen LogP contribution in [0.15, 0.2) is 12.4 Å². The monoisotopic (exact) mass is 262 g/mol. The van der Waals surface area contributed by atoms with Gasteiger partial charge in [0.2, 0.25) is 5.82 Å². The number of carbonyl (C=O) groups is 1. The van der Waals surface area contributed by atoms with Gasteiger partial charge in [-0.05, 0) is 12.8 Å². The molecule has 1 aliphatic rings. The number of carbonyl (C=O) groups excluding carboxylic acids is 1. The molecule has 1 saturated heterocycles. The number of methoxy groups -OCH3 is 1. The highest BCUT2D eigenvalue weighted by atomic mass is 16.5. The fraction of sp³-hybridized carbons (Fsp3) is 0.500. The average molecular weight is 262 g/mol. The zero-order valence-electron chi connectivity index (χ0n) is 10.6. The number of hydrogen-bond donors (Lipinski definition) is 0. The van der Waals surface area contributed by atoms with E-state index in [9.17, 15) is 4.79 Å². The van der Waals surface area contributed by atoms with Crippen molar-refractivity contribution in [2.24, 2.45) is 0 Å². The van der Waals surface area contributed by atoms with Crippen LogP contribution in [0.5, 0.6) is 0 Å². The first-order valence-corrected chi connectivity index (χ1v) is 6.16. The first-order chi connectivity index (χ1) is 9.29. The molecule has 0 amide bonds. The van der Waals surface area contributed by atoms with Crippen LogP contribution in [0.3, 0.4) is 0 Å². The van der Waals surface area contributed by atoms with E-state index < -0.39 is 5.97 Å². The lowest BCUT2D eigenvalue weighted by Gasteiger charge is -2.22. The van der Waals surface area contributed by atoms with Crippen LogP contribution in [0.25, 0.3) is 11.0 Å². The lowest BCUT2D eigenvalue weighted by atomic mass is 10.1. The summed E-state index contributed by atoms with van der Waals surface area (Å²) in [7, 11) is 1.31. The molecular weight excluding hydrogens is 248 g/mol. The third kappa shape index (κ3) is 2.17. The van der Waals surface area contributed by atoms with E-state index in [1.807, 2.05) is 4.68 Å². The molecule has 0 atom stereocenters. The molecule has 0 unspecified atom stereocenters. The van der Waals surface area contributed by atoms with E-state index in [1.165, 1.54) is 7.11 Å². The molecule has 7 nitrogen and oxygen atoms in total. The quantitative estimate of drug-likeness (QED) is 0.750. The first kappa shape index (κ1) is 12.0. The molecule has 1 fully saturated rings. The third-order valence-corrected chi connectivity index (χ3v) is 3.24. The van der Waals surface area contributed by atoms with Gasteiger partial charge in [0.25, 0.3) is 0 Å². The van der Waals surface area contributed by atoms with Crippen LogP contribution in [0.2, 0.25) is 0 Å². The average Bonchev–Trinajstić information content (AvgIpc) is 2.90. The first-order valence-electron chi connectivity index (χ1n) is 6.16. The number of nitrogens with zero attached hydrogens (tertiary/aromatic N) is 4. The van der Waals surface area contributed by atoms with E-state index in [4.69, 9.17) is 4.74 Å². The van der Waals surface area contributed by atoms with Crippen LogP contribution < -0.4 is 0 Å². The van der Waals surface area contributed by atoms with Crippen LogP contribution in [-0.4, -0.2) is 46.0 Å². The van der Waals surface area contributed by atoms with Crippen molar-refractivity contribution in [2.75, 3.05) is 20.3 Å². The molecule has 0 N–H and O–H groups in total. The Morgan fingerprint density at radius 3 is 2.95 bits per heavy atom. The predicted molar refractivity (Wildman–Crippen MR) is 65.8 cm³/mol. The smallest absolute Gasteiger partial charge is 0.376 e. The maximum atomic E-state index is 11.5. The second-order valence-electron chi connectivity index (χ2n) is 4.40. The molecular formula is C12H14N4O3. The van der Waals surface area contributed by atoms with Gasteiger partial charge in [0.1, 0.15) is 0 Å².